The zero-order valence-electron chi connectivity index (χ0n) is 11.8. The lowest BCUT2D eigenvalue weighted by molar-refractivity contribution is 0.304. The van der Waals surface area contributed by atoms with Gasteiger partial charge >= 0.3 is 0 Å². The van der Waals surface area contributed by atoms with E-state index in [9.17, 15) is 0 Å². The molecule has 0 aromatic heterocycles. The third-order valence-corrected chi connectivity index (χ3v) is 3.47. The predicted octanol–water partition coefficient (Wildman–Crippen LogP) is 3.71. The molecule has 104 valence electrons. The molecule has 0 bridgehead atoms. The van der Waals surface area contributed by atoms with Crippen LogP contribution in [0, 0.1) is 13.8 Å². The van der Waals surface area contributed by atoms with Crippen molar-refractivity contribution in [3.05, 3.63) is 64.7 Å². The zero-order chi connectivity index (χ0) is 14.5. The molecule has 0 aliphatic rings. The summed E-state index contributed by atoms with van der Waals surface area (Å²) in [5, 5.41) is 0. The van der Waals surface area contributed by atoms with Crippen LogP contribution in [0.4, 0.5) is 0 Å². The first-order valence-electron chi connectivity index (χ1n) is 6.61. The van der Waals surface area contributed by atoms with E-state index in [2.05, 4.69) is 32.0 Å². The van der Waals surface area contributed by atoms with Crippen LogP contribution in [0.3, 0.4) is 0 Å². The average molecular weight is 285 g/mol. The lowest BCUT2D eigenvalue weighted by atomic mass is 10.0. The standard InChI is InChI=1S/C17H19NOS/c1-12-4-3-5-13(2)16(12)11-19-15-8-6-14(7-9-15)10-17(18)20/h3-9H,10-11H2,1-2H3,(H2,18,20). The molecule has 2 rings (SSSR count). The van der Waals surface area contributed by atoms with Crippen LogP contribution in [-0.4, -0.2) is 4.99 Å². The maximum atomic E-state index is 5.85. The van der Waals surface area contributed by atoms with Gasteiger partial charge in [0.15, 0.2) is 0 Å². The molecule has 2 aromatic rings. The van der Waals surface area contributed by atoms with E-state index >= 15 is 0 Å². The van der Waals surface area contributed by atoms with E-state index in [1.165, 1.54) is 16.7 Å². The number of rotatable bonds is 5. The Morgan fingerprint density at radius 1 is 1.05 bits per heavy atom. The van der Waals surface area contributed by atoms with E-state index in [4.69, 9.17) is 22.7 Å². The molecule has 2 aromatic carbocycles. The van der Waals surface area contributed by atoms with Crippen molar-refractivity contribution in [3.63, 3.8) is 0 Å². The lowest BCUT2D eigenvalue weighted by Gasteiger charge is -2.11. The summed E-state index contributed by atoms with van der Waals surface area (Å²) >= 11 is 4.90. The molecule has 0 spiro atoms. The van der Waals surface area contributed by atoms with Crippen LogP contribution in [0.2, 0.25) is 0 Å². The fourth-order valence-corrected chi connectivity index (χ4v) is 2.30. The number of hydrogen-bond donors (Lipinski definition) is 1. The minimum atomic E-state index is 0.509. The second kappa shape index (κ2) is 6.53. The zero-order valence-corrected chi connectivity index (χ0v) is 12.7. The van der Waals surface area contributed by atoms with E-state index < -0.39 is 0 Å². The fourth-order valence-electron chi connectivity index (χ4n) is 2.14. The topological polar surface area (TPSA) is 35.2 Å². The molecule has 0 unspecified atom stereocenters. The van der Waals surface area contributed by atoms with Gasteiger partial charge in [-0.05, 0) is 48.2 Å². The third-order valence-electron chi connectivity index (χ3n) is 3.33. The van der Waals surface area contributed by atoms with Crippen molar-refractivity contribution < 1.29 is 4.74 Å². The van der Waals surface area contributed by atoms with Gasteiger partial charge in [-0.1, -0.05) is 42.5 Å². The van der Waals surface area contributed by atoms with E-state index in [1.807, 2.05) is 24.3 Å². The summed E-state index contributed by atoms with van der Waals surface area (Å²) in [5.41, 5.74) is 10.4. The molecule has 0 fully saturated rings. The molecular weight excluding hydrogens is 266 g/mol. The molecule has 0 radical (unpaired) electrons. The summed E-state index contributed by atoms with van der Waals surface area (Å²) in [6, 6.07) is 14.2. The molecule has 3 heteroatoms. The minimum absolute atomic E-state index is 0.509. The molecule has 2 nitrogen and oxygen atoms in total. The summed E-state index contributed by atoms with van der Waals surface area (Å²) < 4.78 is 5.85. The maximum Gasteiger partial charge on any atom is 0.119 e. The van der Waals surface area contributed by atoms with E-state index in [-0.39, 0.29) is 0 Å². The Labute approximate surface area is 125 Å². The van der Waals surface area contributed by atoms with Crippen molar-refractivity contribution in [2.45, 2.75) is 26.9 Å². The number of hydrogen-bond acceptors (Lipinski definition) is 2. The van der Waals surface area contributed by atoms with Crippen LogP contribution in [-0.2, 0) is 13.0 Å². The van der Waals surface area contributed by atoms with Crippen molar-refractivity contribution in [3.8, 4) is 5.75 Å². The van der Waals surface area contributed by atoms with Gasteiger partial charge in [-0.25, -0.2) is 0 Å². The van der Waals surface area contributed by atoms with Gasteiger partial charge in [0.1, 0.15) is 12.4 Å². The monoisotopic (exact) mass is 285 g/mol. The quantitative estimate of drug-likeness (QED) is 0.851. The van der Waals surface area contributed by atoms with Crippen molar-refractivity contribution in [1.29, 1.82) is 0 Å². The van der Waals surface area contributed by atoms with Gasteiger partial charge in [0, 0.05) is 6.42 Å². The molecule has 0 aliphatic heterocycles. The third kappa shape index (κ3) is 3.81. The number of nitrogens with two attached hydrogens (primary N) is 1. The largest absolute Gasteiger partial charge is 0.489 e. The highest BCUT2D eigenvalue weighted by Crippen LogP contribution is 2.18. The fraction of sp³-hybridized carbons (Fsp3) is 0.235. The average Bonchev–Trinajstić information content (AvgIpc) is 2.39. The molecule has 0 amide bonds. The highest BCUT2D eigenvalue weighted by molar-refractivity contribution is 7.80. The first-order chi connectivity index (χ1) is 9.56. The summed E-state index contributed by atoms with van der Waals surface area (Å²) in [6.07, 6.45) is 0.631. The summed E-state index contributed by atoms with van der Waals surface area (Å²) in [5.74, 6) is 0.861. The van der Waals surface area contributed by atoms with Gasteiger partial charge in [-0.15, -0.1) is 0 Å². The summed E-state index contributed by atoms with van der Waals surface area (Å²) in [6.45, 7) is 4.81. The Morgan fingerprint density at radius 2 is 1.65 bits per heavy atom. The molecule has 20 heavy (non-hydrogen) atoms. The highest BCUT2D eigenvalue weighted by Gasteiger charge is 2.03. The first-order valence-corrected chi connectivity index (χ1v) is 7.02. The number of thiocarbonyl (C=S) groups is 1. The SMILES string of the molecule is Cc1cccc(C)c1COc1ccc(CC(N)=S)cc1. The van der Waals surface area contributed by atoms with Crippen molar-refractivity contribution in [1.82, 2.24) is 0 Å². The second-order valence-corrected chi connectivity index (χ2v) is 5.47. The maximum absolute atomic E-state index is 5.85. The summed E-state index contributed by atoms with van der Waals surface area (Å²) in [4.78, 5) is 0.509. The Balaban J connectivity index is 2.02. The predicted molar refractivity (Wildman–Crippen MR) is 87.2 cm³/mol. The van der Waals surface area contributed by atoms with Gasteiger partial charge in [0.05, 0.1) is 4.99 Å². The minimum Gasteiger partial charge on any atom is -0.489 e. The normalized spacial score (nSPS) is 10.3. The van der Waals surface area contributed by atoms with E-state index in [0.29, 0.717) is 18.0 Å². The molecule has 0 saturated carbocycles. The number of ether oxygens (including phenoxy) is 1. The van der Waals surface area contributed by atoms with Crippen LogP contribution in [0.25, 0.3) is 0 Å². The van der Waals surface area contributed by atoms with Gasteiger partial charge < -0.3 is 10.5 Å². The molecule has 0 saturated heterocycles. The van der Waals surface area contributed by atoms with Crippen molar-refractivity contribution in [2.75, 3.05) is 0 Å². The highest BCUT2D eigenvalue weighted by atomic mass is 32.1. The summed E-state index contributed by atoms with van der Waals surface area (Å²) in [7, 11) is 0. The smallest absolute Gasteiger partial charge is 0.119 e. The van der Waals surface area contributed by atoms with Crippen LogP contribution in [0.15, 0.2) is 42.5 Å². The van der Waals surface area contributed by atoms with Crippen LogP contribution < -0.4 is 10.5 Å². The molecular formula is C17H19NOS. The van der Waals surface area contributed by atoms with Gasteiger partial charge in [0.25, 0.3) is 0 Å². The van der Waals surface area contributed by atoms with E-state index in [1.54, 1.807) is 0 Å². The second-order valence-electron chi connectivity index (χ2n) is 4.95. The molecule has 2 N–H and O–H groups in total. The van der Waals surface area contributed by atoms with Crippen molar-refractivity contribution >= 4 is 17.2 Å². The van der Waals surface area contributed by atoms with Crippen LogP contribution >= 0.6 is 12.2 Å². The van der Waals surface area contributed by atoms with Gasteiger partial charge in [0.2, 0.25) is 0 Å². The van der Waals surface area contributed by atoms with Crippen LogP contribution in [0.1, 0.15) is 22.3 Å². The number of aryl methyl sites for hydroxylation is 2. The molecule has 0 heterocycles. The number of benzene rings is 2. The lowest BCUT2D eigenvalue weighted by Crippen LogP contribution is -2.10. The molecule has 0 atom stereocenters. The first kappa shape index (κ1) is 14.5. The van der Waals surface area contributed by atoms with Crippen molar-refractivity contribution in [2.24, 2.45) is 5.73 Å². The Hall–Kier alpha value is -1.87. The van der Waals surface area contributed by atoms with Gasteiger partial charge in [-0.2, -0.15) is 0 Å². The van der Waals surface area contributed by atoms with Gasteiger partial charge in [-0.3, -0.25) is 0 Å². The van der Waals surface area contributed by atoms with Crippen LogP contribution in [0.5, 0.6) is 5.75 Å². The van der Waals surface area contributed by atoms with E-state index in [0.717, 1.165) is 11.3 Å². The Morgan fingerprint density at radius 3 is 2.20 bits per heavy atom. The molecule has 0 aliphatic carbocycles. The Kier molecular flexibility index (Phi) is 4.74. The Bertz CT molecular complexity index is 585.